The van der Waals surface area contributed by atoms with Gasteiger partial charge in [-0.05, 0) is 42.6 Å². The van der Waals surface area contributed by atoms with Gasteiger partial charge in [0.05, 0.1) is 6.26 Å². The van der Waals surface area contributed by atoms with Crippen LogP contribution in [0.2, 0.25) is 0 Å². The van der Waals surface area contributed by atoms with Crippen LogP contribution in [0.3, 0.4) is 0 Å². The van der Waals surface area contributed by atoms with E-state index in [0.29, 0.717) is 17.0 Å². The topological polar surface area (TPSA) is 118 Å². The Morgan fingerprint density at radius 2 is 1.81 bits per heavy atom. The number of carbonyl (C=O) groups is 2. The van der Waals surface area contributed by atoms with Crippen molar-refractivity contribution in [2.45, 2.75) is 0 Å². The van der Waals surface area contributed by atoms with Crippen LogP contribution in [0.15, 0.2) is 46.4 Å². The molecule has 0 atom stereocenters. The van der Waals surface area contributed by atoms with E-state index >= 15 is 0 Å². The van der Waals surface area contributed by atoms with Crippen LogP contribution < -0.4 is 15.4 Å². The first-order valence-corrected chi connectivity index (χ1v) is 9.58. The predicted octanol–water partition coefficient (Wildman–Crippen LogP) is 1.23. The van der Waals surface area contributed by atoms with Crippen LogP contribution in [0, 0.1) is 0 Å². The lowest BCUT2D eigenvalue weighted by Gasteiger charge is -2.15. The van der Waals surface area contributed by atoms with Crippen molar-refractivity contribution in [3.63, 3.8) is 0 Å². The van der Waals surface area contributed by atoms with Crippen molar-refractivity contribution in [2.24, 2.45) is 0 Å². The first kappa shape index (κ1) is 17.8. The largest absolute Gasteiger partial charge is 0.457 e. The van der Waals surface area contributed by atoms with Crippen molar-refractivity contribution in [3.8, 4) is 11.3 Å². The van der Waals surface area contributed by atoms with E-state index in [1.54, 1.807) is 36.4 Å². The summed E-state index contributed by atoms with van der Waals surface area (Å²) < 4.78 is 30.7. The summed E-state index contributed by atoms with van der Waals surface area (Å²) in [4.78, 5) is 23.7. The molecule has 3 rings (SSSR count). The third kappa shape index (κ3) is 4.16. The summed E-state index contributed by atoms with van der Waals surface area (Å²) >= 11 is 4.73. The predicted molar refractivity (Wildman–Crippen MR) is 99.5 cm³/mol. The van der Waals surface area contributed by atoms with E-state index in [2.05, 4.69) is 15.4 Å². The summed E-state index contributed by atoms with van der Waals surface area (Å²) in [6.07, 6.45) is 2.36. The van der Waals surface area contributed by atoms with E-state index in [4.69, 9.17) is 16.6 Å². The first-order valence-electron chi connectivity index (χ1n) is 7.28. The molecule has 0 bridgehead atoms. The van der Waals surface area contributed by atoms with Gasteiger partial charge in [-0.25, -0.2) is 8.42 Å². The summed E-state index contributed by atoms with van der Waals surface area (Å²) in [7, 11) is -3.40. The third-order valence-electron chi connectivity index (χ3n) is 3.31. The first-order chi connectivity index (χ1) is 12.2. The highest BCUT2D eigenvalue weighted by Gasteiger charge is 2.26. The Balaban J connectivity index is 1.88. The molecule has 2 aromatic rings. The Morgan fingerprint density at radius 3 is 2.46 bits per heavy atom. The highest BCUT2D eigenvalue weighted by Crippen LogP contribution is 2.26. The van der Waals surface area contributed by atoms with Gasteiger partial charge in [0.2, 0.25) is 10.0 Å². The summed E-state index contributed by atoms with van der Waals surface area (Å²) in [6, 6.07) is 9.86. The van der Waals surface area contributed by atoms with Crippen molar-refractivity contribution >= 4 is 50.9 Å². The Bertz CT molecular complexity index is 1030. The molecule has 0 saturated carbocycles. The van der Waals surface area contributed by atoms with Gasteiger partial charge in [0.1, 0.15) is 17.1 Å². The number of benzene rings is 1. The molecule has 3 N–H and O–H groups in total. The van der Waals surface area contributed by atoms with Crippen LogP contribution in [-0.4, -0.2) is 31.6 Å². The molecule has 0 radical (unpaired) electrons. The molecule has 0 aliphatic carbocycles. The molecule has 2 amide bonds. The van der Waals surface area contributed by atoms with Crippen LogP contribution in [0.4, 0.5) is 5.69 Å². The number of thiocarbonyl (C=S) groups is 1. The molecule has 1 fully saturated rings. The molecule has 1 saturated heterocycles. The fraction of sp³-hybridized carbons (Fsp3) is 0.0625. The second kappa shape index (κ2) is 6.73. The van der Waals surface area contributed by atoms with E-state index in [1.165, 1.54) is 6.08 Å². The van der Waals surface area contributed by atoms with E-state index < -0.39 is 21.8 Å². The molecule has 8 nitrogen and oxygen atoms in total. The lowest BCUT2D eigenvalue weighted by molar-refractivity contribution is -0.123. The van der Waals surface area contributed by atoms with Gasteiger partial charge >= 0.3 is 0 Å². The van der Waals surface area contributed by atoms with E-state index in [-0.39, 0.29) is 16.4 Å². The highest BCUT2D eigenvalue weighted by atomic mass is 32.2. The standard InChI is InChI=1S/C16H13N3O5S2/c1-26(22,23)19-10-4-2-3-9(7-10)13-6-5-11(24-13)8-12-14(20)17-16(25)18-15(12)21/h2-8,19H,1H3,(H2,17,18,20,21,25). The van der Waals surface area contributed by atoms with Crippen LogP contribution in [0.5, 0.6) is 0 Å². The Kier molecular flexibility index (Phi) is 4.62. The fourth-order valence-corrected chi connectivity index (χ4v) is 3.02. The number of rotatable bonds is 4. The maximum atomic E-state index is 11.8. The molecule has 0 unspecified atom stereocenters. The van der Waals surface area contributed by atoms with E-state index in [1.807, 2.05) is 0 Å². The SMILES string of the molecule is CS(=O)(=O)Nc1cccc(-c2ccc(C=C3C(=O)NC(=S)NC3=O)o2)c1. The highest BCUT2D eigenvalue weighted by molar-refractivity contribution is 7.92. The minimum absolute atomic E-state index is 0.0486. The van der Waals surface area contributed by atoms with Crippen LogP contribution >= 0.6 is 12.2 Å². The monoisotopic (exact) mass is 391 g/mol. The number of hydrogen-bond acceptors (Lipinski definition) is 6. The molecule has 1 aromatic heterocycles. The Hall–Kier alpha value is -2.98. The van der Waals surface area contributed by atoms with Gasteiger partial charge < -0.3 is 4.42 Å². The minimum Gasteiger partial charge on any atom is -0.457 e. The smallest absolute Gasteiger partial charge is 0.263 e. The van der Waals surface area contributed by atoms with Crippen LogP contribution in [-0.2, 0) is 19.6 Å². The summed E-state index contributed by atoms with van der Waals surface area (Å²) in [6.45, 7) is 0. The van der Waals surface area contributed by atoms with Crippen molar-refractivity contribution in [3.05, 3.63) is 47.7 Å². The van der Waals surface area contributed by atoms with Crippen LogP contribution in [0.1, 0.15) is 5.76 Å². The van der Waals surface area contributed by atoms with Gasteiger partial charge in [-0.2, -0.15) is 0 Å². The molecule has 1 aromatic carbocycles. The number of carbonyl (C=O) groups excluding carboxylic acids is 2. The Labute approximate surface area is 154 Å². The number of nitrogens with one attached hydrogen (secondary N) is 3. The van der Waals surface area contributed by atoms with Crippen LogP contribution in [0.25, 0.3) is 17.4 Å². The van der Waals surface area contributed by atoms with Crippen molar-refractivity contribution in [1.29, 1.82) is 0 Å². The van der Waals surface area contributed by atoms with Gasteiger partial charge in [-0.15, -0.1) is 0 Å². The molecular weight excluding hydrogens is 378 g/mol. The zero-order chi connectivity index (χ0) is 18.9. The summed E-state index contributed by atoms with van der Waals surface area (Å²) in [5.74, 6) is -0.497. The number of anilines is 1. The number of hydrogen-bond donors (Lipinski definition) is 3. The lowest BCUT2D eigenvalue weighted by atomic mass is 10.1. The average molecular weight is 391 g/mol. The van der Waals surface area contributed by atoms with E-state index in [0.717, 1.165) is 6.26 Å². The molecule has 26 heavy (non-hydrogen) atoms. The number of furan rings is 1. The van der Waals surface area contributed by atoms with Gasteiger partial charge in [-0.3, -0.25) is 24.9 Å². The van der Waals surface area contributed by atoms with Crippen molar-refractivity contribution < 1.29 is 22.4 Å². The fourth-order valence-electron chi connectivity index (χ4n) is 2.28. The normalized spacial score (nSPS) is 14.7. The molecule has 0 spiro atoms. The quantitative estimate of drug-likeness (QED) is 0.410. The zero-order valence-electron chi connectivity index (χ0n) is 13.4. The second-order valence-electron chi connectivity index (χ2n) is 5.45. The second-order valence-corrected chi connectivity index (χ2v) is 7.61. The number of sulfonamides is 1. The van der Waals surface area contributed by atoms with Crippen molar-refractivity contribution in [1.82, 2.24) is 10.6 Å². The lowest BCUT2D eigenvalue weighted by Crippen LogP contribution is -2.51. The minimum atomic E-state index is -3.40. The van der Waals surface area contributed by atoms with Gasteiger partial charge in [0, 0.05) is 11.3 Å². The average Bonchev–Trinajstić information content (AvgIpc) is 2.98. The summed E-state index contributed by atoms with van der Waals surface area (Å²) in [5.41, 5.74) is 0.884. The van der Waals surface area contributed by atoms with Gasteiger partial charge in [0.15, 0.2) is 5.11 Å². The van der Waals surface area contributed by atoms with Gasteiger partial charge in [0.25, 0.3) is 11.8 Å². The Morgan fingerprint density at radius 1 is 1.12 bits per heavy atom. The molecule has 2 heterocycles. The molecule has 10 heteroatoms. The maximum Gasteiger partial charge on any atom is 0.263 e. The molecule has 134 valence electrons. The van der Waals surface area contributed by atoms with Crippen molar-refractivity contribution in [2.75, 3.05) is 11.0 Å². The zero-order valence-corrected chi connectivity index (χ0v) is 15.0. The summed E-state index contributed by atoms with van der Waals surface area (Å²) in [5, 5.41) is 4.62. The molecular formula is C16H13N3O5S2. The molecule has 1 aliphatic heterocycles. The van der Waals surface area contributed by atoms with Gasteiger partial charge in [-0.1, -0.05) is 12.1 Å². The number of amides is 2. The van der Waals surface area contributed by atoms with E-state index in [9.17, 15) is 18.0 Å². The maximum absolute atomic E-state index is 11.8. The third-order valence-corrected chi connectivity index (χ3v) is 4.12. The molecule has 1 aliphatic rings.